The molecule has 1 aromatic carbocycles. The lowest BCUT2D eigenvalue weighted by atomic mass is 9.84. The predicted molar refractivity (Wildman–Crippen MR) is 83.9 cm³/mol. The number of hydrogen-bond acceptors (Lipinski definition) is 4. The minimum absolute atomic E-state index is 0.218. The largest absolute Gasteiger partial charge is 0.462 e. The number of rotatable bonds is 3. The maximum absolute atomic E-state index is 12.3. The Labute approximate surface area is 136 Å². The summed E-state index contributed by atoms with van der Waals surface area (Å²) in [6.07, 6.45) is 6.37. The van der Waals surface area contributed by atoms with Crippen LogP contribution in [-0.4, -0.2) is 38.5 Å². The summed E-state index contributed by atoms with van der Waals surface area (Å²) in [7, 11) is 0. The number of carbonyl (C=O) groups is 1. The fourth-order valence-corrected chi connectivity index (χ4v) is 4.27. The van der Waals surface area contributed by atoms with Gasteiger partial charge in [-0.3, -0.25) is 0 Å². The van der Waals surface area contributed by atoms with Crippen LogP contribution in [0, 0.1) is 5.92 Å². The van der Waals surface area contributed by atoms with Gasteiger partial charge in [-0.1, -0.05) is 0 Å². The van der Waals surface area contributed by atoms with Crippen LogP contribution >= 0.6 is 0 Å². The molecule has 3 aliphatic rings. The lowest BCUT2D eigenvalue weighted by molar-refractivity contribution is -0.940. The van der Waals surface area contributed by atoms with Crippen LogP contribution in [0.5, 0.6) is 11.5 Å². The van der Waals surface area contributed by atoms with Gasteiger partial charge in [0, 0.05) is 5.92 Å². The molecule has 5 heteroatoms. The molecule has 0 amide bonds. The SMILES string of the molecule is O=C(OC[C@@H]1CCC[NH+]2CCCC[C@H]12)c1ccc2c(c1)OCO2. The Morgan fingerprint density at radius 2 is 2.00 bits per heavy atom. The summed E-state index contributed by atoms with van der Waals surface area (Å²) >= 11 is 0. The van der Waals surface area contributed by atoms with Crippen LogP contribution in [0.15, 0.2) is 18.2 Å². The number of fused-ring (bicyclic) bond motifs is 2. The van der Waals surface area contributed by atoms with E-state index >= 15 is 0 Å². The molecule has 3 aliphatic heterocycles. The molecule has 0 radical (unpaired) electrons. The van der Waals surface area contributed by atoms with Crippen molar-refractivity contribution in [3.63, 3.8) is 0 Å². The van der Waals surface area contributed by atoms with E-state index in [-0.39, 0.29) is 12.8 Å². The molecule has 1 unspecified atom stereocenters. The third-order valence-electron chi connectivity index (χ3n) is 5.47. The summed E-state index contributed by atoms with van der Waals surface area (Å²) in [4.78, 5) is 14.1. The molecular weight excluding hydrogens is 294 g/mol. The summed E-state index contributed by atoms with van der Waals surface area (Å²) in [6.45, 7) is 3.34. The lowest BCUT2D eigenvalue weighted by Gasteiger charge is -2.40. The van der Waals surface area contributed by atoms with Gasteiger partial charge in [-0.2, -0.15) is 0 Å². The highest BCUT2D eigenvalue weighted by atomic mass is 16.7. The first-order chi connectivity index (χ1) is 11.3. The molecule has 0 aromatic heterocycles. The van der Waals surface area contributed by atoms with Gasteiger partial charge in [-0.25, -0.2) is 4.79 Å². The van der Waals surface area contributed by atoms with Gasteiger partial charge in [0.15, 0.2) is 11.5 Å². The van der Waals surface area contributed by atoms with Gasteiger partial charge in [-0.15, -0.1) is 0 Å². The van der Waals surface area contributed by atoms with Crippen molar-refractivity contribution in [1.29, 1.82) is 0 Å². The van der Waals surface area contributed by atoms with E-state index in [1.54, 1.807) is 23.1 Å². The lowest BCUT2D eigenvalue weighted by Crippen LogP contribution is -3.18. The Kier molecular flexibility index (Phi) is 4.12. The second-order valence-corrected chi connectivity index (χ2v) is 6.83. The van der Waals surface area contributed by atoms with Crippen molar-refractivity contribution in [3.8, 4) is 11.5 Å². The van der Waals surface area contributed by atoms with E-state index in [1.165, 1.54) is 45.2 Å². The highest BCUT2D eigenvalue weighted by molar-refractivity contribution is 5.90. The maximum Gasteiger partial charge on any atom is 0.338 e. The Morgan fingerprint density at radius 3 is 2.96 bits per heavy atom. The topological polar surface area (TPSA) is 49.2 Å². The van der Waals surface area contributed by atoms with E-state index in [0.717, 1.165) is 0 Å². The number of hydrogen-bond donors (Lipinski definition) is 1. The Morgan fingerprint density at radius 1 is 1.13 bits per heavy atom. The number of quaternary nitrogens is 1. The molecule has 3 atom stereocenters. The van der Waals surface area contributed by atoms with E-state index < -0.39 is 0 Å². The number of ether oxygens (including phenoxy) is 3. The van der Waals surface area contributed by atoms with Crippen LogP contribution in [0.3, 0.4) is 0 Å². The van der Waals surface area contributed by atoms with Crippen LogP contribution in [0.25, 0.3) is 0 Å². The van der Waals surface area contributed by atoms with Crippen LogP contribution < -0.4 is 14.4 Å². The highest BCUT2D eigenvalue weighted by Gasteiger charge is 2.37. The summed E-state index contributed by atoms with van der Waals surface area (Å²) in [5.74, 6) is 1.57. The zero-order valence-electron chi connectivity index (χ0n) is 13.4. The van der Waals surface area contributed by atoms with Gasteiger partial charge in [0.2, 0.25) is 6.79 Å². The van der Waals surface area contributed by atoms with Crippen LogP contribution in [0.2, 0.25) is 0 Å². The molecule has 1 aromatic rings. The molecule has 0 bridgehead atoms. The second-order valence-electron chi connectivity index (χ2n) is 6.83. The first-order valence-corrected chi connectivity index (χ1v) is 8.72. The Hall–Kier alpha value is -1.75. The summed E-state index contributed by atoms with van der Waals surface area (Å²) in [5.41, 5.74) is 0.540. The van der Waals surface area contributed by atoms with Gasteiger partial charge < -0.3 is 19.1 Å². The molecule has 2 saturated heterocycles. The van der Waals surface area contributed by atoms with Gasteiger partial charge in [0.05, 0.1) is 24.7 Å². The number of esters is 1. The van der Waals surface area contributed by atoms with Crippen LogP contribution in [0.4, 0.5) is 0 Å². The van der Waals surface area contributed by atoms with Gasteiger partial charge in [0.25, 0.3) is 0 Å². The molecule has 4 rings (SSSR count). The van der Waals surface area contributed by atoms with E-state index in [2.05, 4.69) is 0 Å². The normalized spacial score (nSPS) is 29.0. The highest BCUT2D eigenvalue weighted by Crippen LogP contribution is 2.32. The second kappa shape index (κ2) is 6.40. The third-order valence-corrected chi connectivity index (χ3v) is 5.47. The van der Waals surface area contributed by atoms with Crippen molar-refractivity contribution in [2.45, 2.75) is 38.1 Å². The number of piperidine rings is 2. The van der Waals surface area contributed by atoms with Crippen molar-refractivity contribution in [3.05, 3.63) is 23.8 Å². The molecule has 2 fully saturated rings. The number of carbonyl (C=O) groups excluding carboxylic acids is 1. The zero-order valence-corrected chi connectivity index (χ0v) is 13.4. The summed E-state index contributed by atoms with van der Waals surface area (Å²) in [5, 5.41) is 0. The fourth-order valence-electron chi connectivity index (χ4n) is 4.27. The zero-order chi connectivity index (χ0) is 15.6. The minimum Gasteiger partial charge on any atom is -0.462 e. The smallest absolute Gasteiger partial charge is 0.338 e. The predicted octanol–water partition coefficient (Wildman–Crippen LogP) is 1.42. The van der Waals surface area contributed by atoms with E-state index in [9.17, 15) is 4.79 Å². The summed E-state index contributed by atoms with van der Waals surface area (Å²) < 4.78 is 16.2. The fraction of sp³-hybridized carbons (Fsp3) is 0.611. The molecular formula is C18H24NO4+. The first-order valence-electron chi connectivity index (χ1n) is 8.72. The van der Waals surface area contributed by atoms with Crippen molar-refractivity contribution < 1.29 is 23.9 Å². The molecule has 1 N–H and O–H groups in total. The number of benzene rings is 1. The Balaban J connectivity index is 1.37. The van der Waals surface area contributed by atoms with Gasteiger partial charge in [0.1, 0.15) is 6.61 Å². The first kappa shape index (κ1) is 14.8. The monoisotopic (exact) mass is 318 g/mol. The standard InChI is InChI=1S/C18H23NO4/c20-18(13-6-7-16-17(10-13)23-12-22-16)21-11-14-4-3-9-19-8-2-1-5-15(14)19/h6-7,10,14-15H,1-5,8-9,11-12H2/p+1/t14-,15+/m0/s1. The van der Waals surface area contributed by atoms with E-state index in [1.807, 2.05) is 0 Å². The molecule has 0 spiro atoms. The van der Waals surface area contributed by atoms with Crippen LogP contribution in [-0.2, 0) is 4.74 Å². The average molecular weight is 318 g/mol. The Bertz CT molecular complexity index is 586. The van der Waals surface area contributed by atoms with Gasteiger partial charge >= 0.3 is 5.97 Å². The van der Waals surface area contributed by atoms with Crippen molar-refractivity contribution in [2.75, 3.05) is 26.5 Å². The van der Waals surface area contributed by atoms with E-state index in [4.69, 9.17) is 14.2 Å². The molecule has 23 heavy (non-hydrogen) atoms. The number of nitrogens with one attached hydrogen (secondary N) is 1. The van der Waals surface area contributed by atoms with Gasteiger partial charge in [-0.05, 0) is 50.3 Å². The quantitative estimate of drug-likeness (QED) is 0.857. The van der Waals surface area contributed by atoms with E-state index in [0.29, 0.717) is 35.6 Å². The molecule has 0 aliphatic carbocycles. The maximum atomic E-state index is 12.3. The van der Waals surface area contributed by atoms with Crippen molar-refractivity contribution in [1.82, 2.24) is 0 Å². The van der Waals surface area contributed by atoms with Crippen molar-refractivity contribution >= 4 is 5.97 Å². The summed E-state index contributed by atoms with van der Waals surface area (Å²) in [6, 6.07) is 5.91. The molecule has 0 saturated carbocycles. The minimum atomic E-state index is -0.258. The third kappa shape index (κ3) is 3.02. The molecule has 3 heterocycles. The molecule has 5 nitrogen and oxygen atoms in total. The van der Waals surface area contributed by atoms with Crippen molar-refractivity contribution in [2.24, 2.45) is 5.92 Å². The molecule has 124 valence electrons. The average Bonchev–Trinajstić information content (AvgIpc) is 3.07. The van der Waals surface area contributed by atoms with Crippen LogP contribution in [0.1, 0.15) is 42.5 Å².